The number of carbonyl (C=O) groups excluding carboxylic acids is 1. The molecule has 0 saturated heterocycles. The van der Waals surface area contributed by atoms with Crippen LogP contribution in [-0.4, -0.2) is 31.8 Å². The Hall–Kier alpha value is -2.82. The van der Waals surface area contributed by atoms with Gasteiger partial charge in [0.25, 0.3) is 5.91 Å². The molecule has 0 bridgehead atoms. The predicted octanol–water partition coefficient (Wildman–Crippen LogP) is 4.49. The van der Waals surface area contributed by atoms with E-state index < -0.39 is 0 Å². The Labute approximate surface area is 167 Å². The van der Waals surface area contributed by atoms with Crippen molar-refractivity contribution in [2.75, 3.05) is 19.1 Å². The van der Waals surface area contributed by atoms with E-state index in [4.69, 9.17) is 4.74 Å². The fourth-order valence-electron chi connectivity index (χ4n) is 3.84. The number of aryl methyl sites for hydroxylation is 1. The molecule has 0 fully saturated rings. The van der Waals surface area contributed by atoms with Gasteiger partial charge in [0, 0.05) is 23.8 Å². The summed E-state index contributed by atoms with van der Waals surface area (Å²) < 4.78 is 5.11. The Balaban J connectivity index is 1.77. The van der Waals surface area contributed by atoms with Gasteiger partial charge < -0.3 is 9.64 Å². The molecule has 5 nitrogen and oxygen atoms in total. The molecule has 1 aliphatic rings. The van der Waals surface area contributed by atoms with Gasteiger partial charge in [-0.1, -0.05) is 6.92 Å². The average Bonchev–Trinajstić information content (AvgIpc) is 2.66. The van der Waals surface area contributed by atoms with E-state index in [0.29, 0.717) is 17.2 Å². The minimum absolute atomic E-state index is 0.140. The van der Waals surface area contributed by atoms with Crippen LogP contribution >= 0.6 is 0 Å². The van der Waals surface area contributed by atoms with Crippen molar-refractivity contribution in [3.63, 3.8) is 0 Å². The van der Waals surface area contributed by atoms with Crippen molar-refractivity contribution in [2.45, 2.75) is 45.6 Å². The highest BCUT2D eigenvalue weighted by atomic mass is 16.5. The van der Waals surface area contributed by atoms with Crippen LogP contribution in [0.2, 0.25) is 0 Å². The molecule has 0 radical (unpaired) electrons. The summed E-state index contributed by atoms with van der Waals surface area (Å²) in [6, 6.07) is 11.4. The van der Waals surface area contributed by atoms with Gasteiger partial charge in [-0.05, 0) is 86.2 Å². The minimum atomic E-state index is -0.246. The van der Waals surface area contributed by atoms with Crippen molar-refractivity contribution in [3.8, 4) is 5.75 Å². The average molecular weight is 380 g/mol. The maximum atomic E-state index is 12.2. The molecule has 0 aromatic heterocycles. The van der Waals surface area contributed by atoms with Gasteiger partial charge in [-0.15, -0.1) is 0 Å². The SMILES string of the molecule is COc1ccc(C(=O)N/N=C/c2cc3c(cc2C)N(C)C(C)(C)CC3C)cc1. The molecule has 1 heterocycles. The lowest BCUT2D eigenvalue weighted by Crippen LogP contribution is -2.45. The van der Waals surface area contributed by atoms with Crippen molar-refractivity contribution in [1.82, 2.24) is 5.43 Å². The molecule has 1 atom stereocenters. The summed E-state index contributed by atoms with van der Waals surface area (Å²) in [6.07, 6.45) is 2.83. The zero-order valence-corrected chi connectivity index (χ0v) is 17.5. The zero-order chi connectivity index (χ0) is 20.5. The van der Waals surface area contributed by atoms with Gasteiger partial charge in [0.1, 0.15) is 5.75 Å². The van der Waals surface area contributed by atoms with E-state index in [-0.39, 0.29) is 11.4 Å². The number of hydrogen-bond acceptors (Lipinski definition) is 4. The van der Waals surface area contributed by atoms with E-state index in [9.17, 15) is 4.79 Å². The highest BCUT2D eigenvalue weighted by molar-refractivity contribution is 5.95. The summed E-state index contributed by atoms with van der Waals surface area (Å²) in [5, 5.41) is 4.17. The van der Waals surface area contributed by atoms with Gasteiger partial charge in [-0.3, -0.25) is 4.79 Å². The fraction of sp³-hybridized carbons (Fsp3) is 0.391. The lowest BCUT2D eigenvalue weighted by Gasteiger charge is -2.45. The first-order valence-electron chi connectivity index (χ1n) is 9.59. The summed E-state index contributed by atoms with van der Waals surface area (Å²) in [5.74, 6) is 0.944. The molecule has 0 spiro atoms. The van der Waals surface area contributed by atoms with Crippen LogP contribution in [0.4, 0.5) is 5.69 Å². The number of nitrogens with zero attached hydrogens (tertiary/aromatic N) is 2. The van der Waals surface area contributed by atoms with E-state index in [1.165, 1.54) is 11.3 Å². The quantitative estimate of drug-likeness (QED) is 0.629. The van der Waals surface area contributed by atoms with Crippen LogP contribution < -0.4 is 15.1 Å². The van der Waals surface area contributed by atoms with Crippen LogP contribution in [0.25, 0.3) is 0 Å². The van der Waals surface area contributed by atoms with Crippen molar-refractivity contribution < 1.29 is 9.53 Å². The van der Waals surface area contributed by atoms with Gasteiger partial charge in [-0.2, -0.15) is 5.10 Å². The lowest BCUT2D eigenvalue weighted by molar-refractivity contribution is 0.0955. The molecule has 1 aliphatic heterocycles. The maximum absolute atomic E-state index is 12.2. The number of fused-ring (bicyclic) bond motifs is 1. The van der Waals surface area contributed by atoms with E-state index in [1.807, 2.05) is 0 Å². The van der Waals surface area contributed by atoms with E-state index in [2.05, 4.69) is 62.3 Å². The molecular weight excluding hydrogens is 350 g/mol. The second-order valence-electron chi connectivity index (χ2n) is 8.17. The van der Waals surface area contributed by atoms with Crippen molar-refractivity contribution in [3.05, 3.63) is 58.7 Å². The third-order valence-corrected chi connectivity index (χ3v) is 5.74. The Morgan fingerprint density at radius 2 is 1.96 bits per heavy atom. The van der Waals surface area contributed by atoms with Crippen LogP contribution in [0, 0.1) is 6.92 Å². The highest BCUT2D eigenvalue weighted by Gasteiger charge is 2.34. The fourth-order valence-corrected chi connectivity index (χ4v) is 3.84. The van der Waals surface area contributed by atoms with E-state index in [1.54, 1.807) is 37.6 Å². The smallest absolute Gasteiger partial charge is 0.271 e. The molecule has 5 heteroatoms. The molecule has 148 valence electrons. The Kier molecular flexibility index (Phi) is 5.45. The number of ether oxygens (including phenoxy) is 1. The molecule has 2 aromatic carbocycles. The van der Waals surface area contributed by atoms with Crippen LogP contribution in [0.15, 0.2) is 41.5 Å². The molecule has 2 aromatic rings. The predicted molar refractivity (Wildman–Crippen MR) is 115 cm³/mol. The van der Waals surface area contributed by atoms with Crippen molar-refractivity contribution in [2.24, 2.45) is 5.10 Å². The third kappa shape index (κ3) is 3.88. The van der Waals surface area contributed by atoms with E-state index >= 15 is 0 Å². The summed E-state index contributed by atoms with van der Waals surface area (Å²) in [7, 11) is 3.76. The molecular formula is C23H29N3O2. The Morgan fingerprint density at radius 3 is 2.61 bits per heavy atom. The topological polar surface area (TPSA) is 53.9 Å². The number of carbonyl (C=O) groups is 1. The molecule has 0 aliphatic carbocycles. The first-order valence-corrected chi connectivity index (χ1v) is 9.59. The zero-order valence-electron chi connectivity index (χ0n) is 17.5. The maximum Gasteiger partial charge on any atom is 0.271 e. The molecule has 28 heavy (non-hydrogen) atoms. The van der Waals surface area contributed by atoms with E-state index in [0.717, 1.165) is 17.5 Å². The summed E-state index contributed by atoms with van der Waals surface area (Å²) >= 11 is 0. The number of anilines is 1. The van der Waals surface area contributed by atoms with Crippen molar-refractivity contribution in [1.29, 1.82) is 0 Å². The largest absolute Gasteiger partial charge is 0.497 e. The number of amides is 1. The summed E-state index contributed by atoms with van der Waals surface area (Å²) in [6.45, 7) is 8.92. The molecule has 1 N–H and O–H groups in total. The molecule has 0 saturated carbocycles. The van der Waals surface area contributed by atoms with Crippen molar-refractivity contribution >= 4 is 17.8 Å². The summed E-state index contributed by atoms with van der Waals surface area (Å²) in [4.78, 5) is 14.6. The summed E-state index contributed by atoms with van der Waals surface area (Å²) in [5.41, 5.74) is 8.05. The molecule has 3 rings (SSSR count). The van der Waals surface area contributed by atoms with Gasteiger partial charge in [0.15, 0.2) is 0 Å². The first kappa shape index (κ1) is 19.9. The second-order valence-corrected chi connectivity index (χ2v) is 8.17. The van der Waals surface area contributed by atoms with Crippen LogP contribution in [0.5, 0.6) is 5.75 Å². The lowest BCUT2D eigenvalue weighted by atomic mass is 9.79. The van der Waals surface area contributed by atoms with Crippen LogP contribution in [0.3, 0.4) is 0 Å². The number of methoxy groups -OCH3 is 1. The van der Waals surface area contributed by atoms with Crippen LogP contribution in [0.1, 0.15) is 60.2 Å². The molecule has 1 amide bonds. The third-order valence-electron chi connectivity index (χ3n) is 5.74. The number of nitrogens with one attached hydrogen (secondary N) is 1. The number of hydrazone groups is 1. The standard InChI is InChI=1S/C23H29N3O2/c1-15-11-21-20(16(2)13-23(3,4)26(21)5)12-18(15)14-24-25-22(27)17-7-9-19(28-6)10-8-17/h7-12,14,16H,13H2,1-6H3,(H,25,27)/b24-14+. The Morgan fingerprint density at radius 1 is 1.29 bits per heavy atom. The van der Waals surface area contributed by atoms with Crippen LogP contribution in [-0.2, 0) is 0 Å². The normalized spacial score (nSPS) is 18.1. The minimum Gasteiger partial charge on any atom is -0.497 e. The van der Waals surface area contributed by atoms with Gasteiger partial charge in [0.05, 0.1) is 13.3 Å². The number of rotatable bonds is 4. The van der Waals surface area contributed by atoms with Gasteiger partial charge >= 0.3 is 0 Å². The molecule has 1 unspecified atom stereocenters. The first-order chi connectivity index (χ1) is 13.2. The van der Waals surface area contributed by atoms with Gasteiger partial charge in [-0.25, -0.2) is 5.43 Å². The second kappa shape index (κ2) is 7.66. The number of benzene rings is 2. The monoisotopic (exact) mass is 379 g/mol. The number of hydrogen-bond donors (Lipinski definition) is 1. The van der Waals surface area contributed by atoms with Gasteiger partial charge in [0.2, 0.25) is 0 Å². The Bertz CT molecular complexity index is 901. The highest BCUT2D eigenvalue weighted by Crippen LogP contribution is 2.43.